The van der Waals surface area contributed by atoms with Gasteiger partial charge in [-0.3, -0.25) is 0 Å². The van der Waals surface area contributed by atoms with Gasteiger partial charge in [0.25, 0.3) is 0 Å². The number of para-hydroxylation sites is 2. The SMILES string of the molecule is c1ccc(-c2nc(-c3cccc(-c4ccc5c(c4)N(c4ccccc4)c4ccccc4C54C5CC6CC(C5)CC4C6)c3)nc(-c3cccc4ccccc34)n2)cc1. The van der Waals surface area contributed by atoms with E-state index in [9.17, 15) is 0 Å². The summed E-state index contributed by atoms with van der Waals surface area (Å²) >= 11 is 0. The van der Waals surface area contributed by atoms with Crippen molar-refractivity contribution in [3.8, 4) is 45.3 Å². The second-order valence-electron chi connectivity index (χ2n) is 16.9. The van der Waals surface area contributed by atoms with Crippen LogP contribution in [0.25, 0.3) is 56.1 Å². The molecule has 4 nitrogen and oxygen atoms in total. The summed E-state index contributed by atoms with van der Waals surface area (Å²) in [5.41, 5.74) is 12.2. The molecule has 57 heavy (non-hydrogen) atoms. The lowest BCUT2D eigenvalue weighted by Crippen LogP contribution is -2.57. The Hall–Kier alpha value is -6.39. The van der Waals surface area contributed by atoms with Gasteiger partial charge in [-0.05, 0) is 119 Å². The Bertz CT molecular complexity index is 2790. The fourth-order valence-electron chi connectivity index (χ4n) is 11.8. The molecule has 1 spiro atoms. The molecule has 4 aliphatic carbocycles. The molecular weight excluding hydrogens is 693 g/mol. The number of nitrogens with zero attached hydrogens (tertiary/aromatic N) is 4. The molecule has 0 atom stereocenters. The number of benzene rings is 7. The summed E-state index contributed by atoms with van der Waals surface area (Å²) < 4.78 is 0. The van der Waals surface area contributed by atoms with Crippen LogP contribution in [0.15, 0.2) is 170 Å². The summed E-state index contributed by atoms with van der Waals surface area (Å²) in [6.07, 6.45) is 6.86. The average Bonchev–Trinajstić information content (AvgIpc) is 3.27. The maximum atomic E-state index is 5.20. The van der Waals surface area contributed by atoms with Crippen LogP contribution in [-0.2, 0) is 5.41 Å². The van der Waals surface area contributed by atoms with Crippen LogP contribution in [0.3, 0.4) is 0 Å². The minimum absolute atomic E-state index is 0.0434. The standard InChI is InChI=1S/C53H42N4/c1-3-14-37(15-4-1)50-54-51(56-52(55-50)45-22-12-16-36-13-7-8-21-44(36)45)40-18-11-17-38(32-40)39-25-26-47-49(33-39)57(43-19-5-2-6-20-43)48-24-10-9-23-46(48)53(47)41-28-34-27-35(30-41)31-42(53)29-34/h1-26,32-35,41-42H,27-31H2. The maximum Gasteiger partial charge on any atom is 0.164 e. The fraction of sp³-hybridized carbons (Fsp3) is 0.189. The Labute approximate surface area is 334 Å². The second-order valence-corrected chi connectivity index (χ2v) is 16.9. The van der Waals surface area contributed by atoms with Gasteiger partial charge in [-0.25, -0.2) is 15.0 Å². The first-order valence-corrected chi connectivity index (χ1v) is 20.7. The summed E-state index contributed by atoms with van der Waals surface area (Å²) in [5, 5.41) is 2.29. The molecule has 0 unspecified atom stereocenters. The molecule has 8 aromatic rings. The molecule has 4 heteroatoms. The van der Waals surface area contributed by atoms with E-state index in [1.54, 1.807) is 0 Å². The lowest BCUT2D eigenvalue weighted by atomic mass is 9.41. The normalized spacial score (nSPS) is 22.8. The third-order valence-electron chi connectivity index (χ3n) is 13.9. The zero-order chi connectivity index (χ0) is 37.5. The van der Waals surface area contributed by atoms with E-state index in [1.807, 2.05) is 18.2 Å². The van der Waals surface area contributed by atoms with Crippen molar-refractivity contribution in [2.75, 3.05) is 4.90 Å². The number of hydrogen-bond donors (Lipinski definition) is 0. The first kappa shape index (κ1) is 32.8. The van der Waals surface area contributed by atoms with Gasteiger partial charge in [0, 0.05) is 27.8 Å². The van der Waals surface area contributed by atoms with E-state index in [1.165, 1.54) is 65.9 Å². The van der Waals surface area contributed by atoms with Crippen LogP contribution in [0.1, 0.15) is 43.2 Å². The largest absolute Gasteiger partial charge is 0.310 e. The minimum Gasteiger partial charge on any atom is -0.310 e. The molecular formula is C53H42N4. The quantitative estimate of drug-likeness (QED) is 0.177. The molecule has 4 saturated carbocycles. The summed E-state index contributed by atoms with van der Waals surface area (Å²) in [6, 6.07) is 61.6. The third-order valence-corrected chi connectivity index (χ3v) is 13.9. The molecule has 0 saturated heterocycles. The lowest BCUT2D eigenvalue weighted by molar-refractivity contribution is -0.0419. The topological polar surface area (TPSA) is 41.9 Å². The molecule has 274 valence electrons. The molecule has 1 aromatic heterocycles. The van der Waals surface area contributed by atoms with Crippen LogP contribution < -0.4 is 4.90 Å². The van der Waals surface area contributed by atoms with Gasteiger partial charge in [0.1, 0.15) is 0 Å². The molecule has 4 bridgehead atoms. The highest BCUT2D eigenvalue weighted by Crippen LogP contribution is 2.69. The molecule has 4 fully saturated rings. The van der Waals surface area contributed by atoms with Gasteiger partial charge in [-0.15, -0.1) is 0 Å². The van der Waals surface area contributed by atoms with Crippen molar-refractivity contribution in [3.63, 3.8) is 0 Å². The van der Waals surface area contributed by atoms with E-state index in [2.05, 4.69) is 157 Å². The highest BCUT2D eigenvalue weighted by Gasteiger charge is 2.61. The summed E-state index contributed by atoms with van der Waals surface area (Å²) in [4.78, 5) is 18.0. The number of fused-ring (bicyclic) bond motifs is 3. The van der Waals surface area contributed by atoms with E-state index < -0.39 is 0 Å². The van der Waals surface area contributed by atoms with Crippen molar-refractivity contribution >= 4 is 27.8 Å². The highest BCUT2D eigenvalue weighted by atomic mass is 15.2. The molecule has 13 rings (SSSR count). The Balaban J connectivity index is 1.03. The van der Waals surface area contributed by atoms with Crippen LogP contribution in [0.5, 0.6) is 0 Å². The number of aromatic nitrogens is 3. The van der Waals surface area contributed by atoms with Crippen molar-refractivity contribution < 1.29 is 0 Å². The van der Waals surface area contributed by atoms with Gasteiger partial charge in [-0.2, -0.15) is 0 Å². The van der Waals surface area contributed by atoms with E-state index >= 15 is 0 Å². The molecule has 0 amide bonds. The van der Waals surface area contributed by atoms with Crippen molar-refractivity contribution in [2.45, 2.75) is 37.5 Å². The average molecular weight is 735 g/mol. The van der Waals surface area contributed by atoms with Crippen LogP contribution in [-0.4, -0.2) is 15.0 Å². The summed E-state index contributed by atoms with van der Waals surface area (Å²) in [5.74, 6) is 5.15. The number of hydrogen-bond acceptors (Lipinski definition) is 4. The van der Waals surface area contributed by atoms with Crippen LogP contribution >= 0.6 is 0 Å². The van der Waals surface area contributed by atoms with Gasteiger partial charge in [-0.1, -0.05) is 140 Å². The Morgan fingerprint density at radius 3 is 1.81 bits per heavy atom. The molecule has 7 aromatic carbocycles. The van der Waals surface area contributed by atoms with Crippen molar-refractivity contribution in [1.82, 2.24) is 15.0 Å². The minimum atomic E-state index is 0.0434. The lowest BCUT2D eigenvalue weighted by Gasteiger charge is -2.64. The second kappa shape index (κ2) is 12.8. The first-order valence-electron chi connectivity index (χ1n) is 20.7. The summed E-state index contributed by atoms with van der Waals surface area (Å²) in [7, 11) is 0. The number of anilines is 3. The van der Waals surface area contributed by atoms with Crippen molar-refractivity contribution in [2.24, 2.45) is 23.7 Å². The monoisotopic (exact) mass is 734 g/mol. The van der Waals surface area contributed by atoms with E-state index in [-0.39, 0.29) is 5.41 Å². The smallest absolute Gasteiger partial charge is 0.164 e. The molecule has 5 aliphatic rings. The zero-order valence-electron chi connectivity index (χ0n) is 31.8. The van der Waals surface area contributed by atoms with Crippen molar-refractivity contribution in [1.29, 1.82) is 0 Å². The predicted molar refractivity (Wildman–Crippen MR) is 232 cm³/mol. The van der Waals surface area contributed by atoms with Gasteiger partial charge in [0.2, 0.25) is 0 Å². The van der Waals surface area contributed by atoms with Crippen LogP contribution in [0, 0.1) is 23.7 Å². The fourth-order valence-corrected chi connectivity index (χ4v) is 11.8. The number of rotatable bonds is 5. The predicted octanol–water partition coefficient (Wildman–Crippen LogP) is 13.2. The summed E-state index contributed by atoms with van der Waals surface area (Å²) in [6.45, 7) is 0. The Morgan fingerprint density at radius 2 is 1.00 bits per heavy atom. The van der Waals surface area contributed by atoms with Crippen LogP contribution in [0.2, 0.25) is 0 Å². The first-order chi connectivity index (χ1) is 28.2. The molecule has 1 aliphatic heterocycles. The van der Waals surface area contributed by atoms with E-state index in [0.29, 0.717) is 29.3 Å². The van der Waals surface area contributed by atoms with Crippen LogP contribution in [0.4, 0.5) is 17.1 Å². The van der Waals surface area contributed by atoms with Gasteiger partial charge in [0.15, 0.2) is 17.5 Å². The van der Waals surface area contributed by atoms with Gasteiger partial charge in [0.05, 0.1) is 11.4 Å². The Kier molecular flexibility index (Phi) is 7.38. The van der Waals surface area contributed by atoms with Crippen molar-refractivity contribution in [3.05, 3.63) is 181 Å². The zero-order valence-corrected chi connectivity index (χ0v) is 31.8. The van der Waals surface area contributed by atoms with E-state index in [4.69, 9.17) is 15.0 Å². The molecule has 0 N–H and O–H groups in total. The molecule has 0 radical (unpaired) electrons. The molecule has 2 heterocycles. The van der Waals surface area contributed by atoms with Gasteiger partial charge < -0.3 is 4.90 Å². The van der Waals surface area contributed by atoms with Gasteiger partial charge >= 0.3 is 0 Å². The Morgan fingerprint density at radius 1 is 0.421 bits per heavy atom. The maximum absolute atomic E-state index is 5.20. The highest BCUT2D eigenvalue weighted by molar-refractivity contribution is 5.95. The third kappa shape index (κ3) is 5.09. The van der Waals surface area contributed by atoms with E-state index in [0.717, 1.165) is 44.9 Å².